The van der Waals surface area contributed by atoms with Gasteiger partial charge in [0.1, 0.15) is 0 Å². The van der Waals surface area contributed by atoms with Gasteiger partial charge in [-0.25, -0.2) is 0 Å². The van der Waals surface area contributed by atoms with Crippen LogP contribution in [-0.4, -0.2) is 0 Å². The Kier molecular flexibility index (Phi) is 14.6. The molecule has 0 aliphatic heterocycles. The van der Waals surface area contributed by atoms with Crippen LogP contribution in [-0.2, 0) is 0 Å². The Labute approximate surface area is 114 Å². The van der Waals surface area contributed by atoms with Gasteiger partial charge in [-0.15, -0.1) is 0 Å². The minimum absolute atomic E-state index is 1.09. The van der Waals surface area contributed by atoms with Crippen molar-refractivity contribution in [1.82, 2.24) is 0 Å². The molecule has 18 heavy (non-hydrogen) atoms. The van der Waals surface area contributed by atoms with Crippen molar-refractivity contribution in [2.24, 2.45) is 0 Å². The van der Waals surface area contributed by atoms with Crippen molar-refractivity contribution < 1.29 is 0 Å². The highest BCUT2D eigenvalue weighted by Gasteiger charge is 1.94. The predicted molar refractivity (Wildman–Crippen MR) is 87.0 cm³/mol. The number of aryl methyl sites for hydroxylation is 1. The fraction of sp³-hybridized carbons (Fsp3) is 0.444. The summed E-state index contributed by atoms with van der Waals surface area (Å²) in [5, 5.41) is 0. The van der Waals surface area contributed by atoms with Gasteiger partial charge >= 0.3 is 0 Å². The van der Waals surface area contributed by atoms with E-state index in [1.807, 2.05) is 27.7 Å². The lowest BCUT2D eigenvalue weighted by Crippen LogP contribution is -1.80. The van der Waals surface area contributed by atoms with Crippen molar-refractivity contribution in [3.05, 3.63) is 53.6 Å². The second-order valence-electron chi connectivity index (χ2n) is 3.42. The highest BCUT2D eigenvalue weighted by molar-refractivity contribution is 5.73. The van der Waals surface area contributed by atoms with Gasteiger partial charge in [0.15, 0.2) is 0 Å². The van der Waals surface area contributed by atoms with E-state index in [-0.39, 0.29) is 0 Å². The van der Waals surface area contributed by atoms with Crippen LogP contribution >= 0.6 is 0 Å². The van der Waals surface area contributed by atoms with Crippen molar-refractivity contribution in [2.75, 3.05) is 0 Å². The summed E-state index contributed by atoms with van der Waals surface area (Å²) in [4.78, 5) is 0. The van der Waals surface area contributed by atoms with E-state index < -0.39 is 0 Å². The standard InChI is InChI=1S/C14H18.2C2H6/c1-4-6-7-13(5-2)14-10-8-12(3)9-11-14;2*1-2/h5-11H,4H2,1-3H3;2*1-2H3/b7-6-,13-5+;;. The smallest absolute Gasteiger partial charge is 0.0187 e. The molecule has 1 rings (SSSR count). The monoisotopic (exact) mass is 246 g/mol. The minimum atomic E-state index is 1.09. The minimum Gasteiger partial charge on any atom is -0.0842 e. The Morgan fingerprint density at radius 3 is 1.89 bits per heavy atom. The summed E-state index contributed by atoms with van der Waals surface area (Å²) in [7, 11) is 0. The van der Waals surface area contributed by atoms with E-state index in [1.165, 1.54) is 16.7 Å². The molecule has 0 unspecified atom stereocenters. The molecule has 0 aromatic heterocycles. The molecular formula is C18H30. The molecule has 0 fully saturated rings. The second-order valence-corrected chi connectivity index (χ2v) is 3.42. The van der Waals surface area contributed by atoms with Crippen LogP contribution < -0.4 is 0 Å². The van der Waals surface area contributed by atoms with Gasteiger partial charge in [0, 0.05) is 0 Å². The van der Waals surface area contributed by atoms with Crippen LogP contribution in [0.1, 0.15) is 59.1 Å². The second kappa shape index (κ2) is 13.8. The summed E-state index contributed by atoms with van der Waals surface area (Å²) in [6.45, 7) is 14.3. The molecule has 0 aliphatic carbocycles. The third-order valence-electron chi connectivity index (χ3n) is 2.23. The van der Waals surface area contributed by atoms with Gasteiger partial charge < -0.3 is 0 Å². The van der Waals surface area contributed by atoms with Crippen LogP contribution in [0.4, 0.5) is 0 Å². The van der Waals surface area contributed by atoms with Crippen LogP contribution in [0.25, 0.3) is 5.57 Å². The van der Waals surface area contributed by atoms with Crippen molar-refractivity contribution in [3.63, 3.8) is 0 Å². The van der Waals surface area contributed by atoms with Gasteiger partial charge in [0.05, 0.1) is 0 Å². The maximum atomic E-state index is 2.19. The molecular weight excluding hydrogens is 216 g/mol. The molecule has 0 atom stereocenters. The van der Waals surface area contributed by atoms with Crippen molar-refractivity contribution in [1.29, 1.82) is 0 Å². The quantitative estimate of drug-likeness (QED) is 0.540. The van der Waals surface area contributed by atoms with E-state index in [0.717, 1.165) is 6.42 Å². The van der Waals surface area contributed by atoms with Crippen LogP contribution in [0, 0.1) is 6.92 Å². The number of hydrogen-bond acceptors (Lipinski definition) is 0. The topological polar surface area (TPSA) is 0 Å². The van der Waals surface area contributed by atoms with Crippen LogP contribution in [0.2, 0.25) is 0 Å². The van der Waals surface area contributed by atoms with Crippen LogP contribution in [0.15, 0.2) is 42.5 Å². The first-order chi connectivity index (χ1) is 8.77. The highest BCUT2D eigenvalue weighted by atomic mass is 14.0. The van der Waals surface area contributed by atoms with E-state index in [2.05, 4.69) is 63.3 Å². The Balaban J connectivity index is 0. The molecule has 0 N–H and O–H groups in total. The molecule has 0 nitrogen and oxygen atoms in total. The fourth-order valence-corrected chi connectivity index (χ4v) is 1.35. The van der Waals surface area contributed by atoms with Crippen molar-refractivity contribution >= 4 is 5.57 Å². The van der Waals surface area contributed by atoms with Gasteiger partial charge in [-0.1, -0.05) is 82.7 Å². The molecule has 0 spiro atoms. The Bertz CT molecular complexity index is 326. The molecule has 0 heteroatoms. The molecule has 1 aromatic rings. The van der Waals surface area contributed by atoms with Gasteiger partial charge in [-0.05, 0) is 31.4 Å². The van der Waals surface area contributed by atoms with E-state index in [4.69, 9.17) is 0 Å². The van der Waals surface area contributed by atoms with Crippen molar-refractivity contribution in [2.45, 2.75) is 54.9 Å². The molecule has 0 bridgehead atoms. The average molecular weight is 246 g/mol. The Morgan fingerprint density at radius 1 is 1.00 bits per heavy atom. The van der Waals surface area contributed by atoms with Gasteiger partial charge in [0.2, 0.25) is 0 Å². The van der Waals surface area contributed by atoms with E-state index >= 15 is 0 Å². The number of benzene rings is 1. The van der Waals surface area contributed by atoms with E-state index in [0.29, 0.717) is 0 Å². The lowest BCUT2D eigenvalue weighted by molar-refractivity contribution is 1.22. The first kappa shape index (κ1) is 19.0. The van der Waals surface area contributed by atoms with E-state index in [1.54, 1.807) is 0 Å². The largest absolute Gasteiger partial charge is 0.0842 e. The zero-order valence-electron chi connectivity index (χ0n) is 13.2. The maximum absolute atomic E-state index is 2.19. The molecule has 0 saturated carbocycles. The summed E-state index contributed by atoms with van der Waals surface area (Å²) >= 11 is 0. The predicted octanol–water partition coefficient (Wildman–Crippen LogP) is 6.42. The number of allylic oxidation sites excluding steroid dienone is 4. The lowest BCUT2D eigenvalue weighted by atomic mass is 10.0. The summed E-state index contributed by atoms with van der Waals surface area (Å²) in [6, 6.07) is 8.65. The highest BCUT2D eigenvalue weighted by Crippen LogP contribution is 2.16. The van der Waals surface area contributed by atoms with Crippen LogP contribution in [0.5, 0.6) is 0 Å². The number of hydrogen-bond donors (Lipinski definition) is 0. The van der Waals surface area contributed by atoms with Crippen LogP contribution in [0.3, 0.4) is 0 Å². The molecule has 102 valence electrons. The Morgan fingerprint density at radius 2 is 1.50 bits per heavy atom. The van der Waals surface area contributed by atoms with Gasteiger partial charge in [-0.2, -0.15) is 0 Å². The van der Waals surface area contributed by atoms with E-state index in [9.17, 15) is 0 Å². The zero-order chi connectivity index (χ0) is 14.4. The summed E-state index contributed by atoms with van der Waals surface area (Å²) < 4.78 is 0. The molecule has 0 heterocycles. The van der Waals surface area contributed by atoms with Crippen molar-refractivity contribution in [3.8, 4) is 0 Å². The zero-order valence-corrected chi connectivity index (χ0v) is 13.2. The molecule has 0 aliphatic rings. The summed E-state index contributed by atoms with van der Waals surface area (Å²) in [6.07, 6.45) is 7.61. The normalized spacial score (nSPS) is 10.3. The number of rotatable bonds is 3. The lowest BCUT2D eigenvalue weighted by Gasteiger charge is -2.02. The van der Waals surface area contributed by atoms with Gasteiger partial charge in [0.25, 0.3) is 0 Å². The van der Waals surface area contributed by atoms with Gasteiger partial charge in [-0.3, -0.25) is 0 Å². The fourth-order valence-electron chi connectivity index (χ4n) is 1.35. The average Bonchev–Trinajstić information content (AvgIpc) is 2.46. The first-order valence-electron chi connectivity index (χ1n) is 7.17. The molecule has 0 saturated heterocycles. The molecule has 1 aromatic carbocycles. The third kappa shape index (κ3) is 7.89. The SMILES string of the molecule is C/C=C(\C=C/CC)c1ccc(C)cc1.CC.CC. The molecule has 0 radical (unpaired) electrons. The first-order valence-corrected chi connectivity index (χ1v) is 7.17. The third-order valence-corrected chi connectivity index (χ3v) is 2.23. The summed E-state index contributed by atoms with van der Waals surface area (Å²) in [5.41, 5.74) is 3.90. The Hall–Kier alpha value is -1.30. The molecule has 0 amide bonds. The maximum Gasteiger partial charge on any atom is -0.0187 e. The summed E-state index contributed by atoms with van der Waals surface area (Å²) in [5.74, 6) is 0.